The molecule has 0 aliphatic carbocycles. The lowest BCUT2D eigenvalue weighted by Gasteiger charge is -2.06. The van der Waals surface area contributed by atoms with E-state index in [1.54, 1.807) is 17.5 Å². The van der Waals surface area contributed by atoms with Crippen molar-refractivity contribution in [1.82, 2.24) is 14.5 Å². The lowest BCUT2D eigenvalue weighted by atomic mass is 10.4. The lowest BCUT2D eigenvalue weighted by molar-refractivity contribution is 0.651. The van der Waals surface area contributed by atoms with Gasteiger partial charge in [0.25, 0.3) is 0 Å². The fourth-order valence-corrected chi connectivity index (χ4v) is 1.94. The average molecular weight is 222 g/mol. The third-order valence-electron chi connectivity index (χ3n) is 2.12. The van der Waals surface area contributed by atoms with E-state index in [0.717, 1.165) is 24.6 Å². The number of nitrogens with zero attached hydrogens (tertiary/aromatic N) is 3. The van der Waals surface area contributed by atoms with Gasteiger partial charge in [0.15, 0.2) is 5.13 Å². The molecule has 5 heteroatoms. The summed E-state index contributed by atoms with van der Waals surface area (Å²) in [5.74, 6) is 0. The van der Waals surface area contributed by atoms with Crippen LogP contribution in [0.1, 0.15) is 19.0 Å². The molecule has 0 radical (unpaired) electrons. The van der Waals surface area contributed by atoms with Gasteiger partial charge in [-0.25, -0.2) is 9.97 Å². The summed E-state index contributed by atoms with van der Waals surface area (Å²) in [4.78, 5) is 8.32. The van der Waals surface area contributed by atoms with Crippen molar-refractivity contribution in [2.45, 2.75) is 26.4 Å². The molecule has 0 unspecified atom stereocenters. The molecule has 2 heterocycles. The van der Waals surface area contributed by atoms with E-state index in [1.807, 2.05) is 17.9 Å². The summed E-state index contributed by atoms with van der Waals surface area (Å²) in [5.41, 5.74) is 1.20. The molecule has 15 heavy (non-hydrogen) atoms. The zero-order valence-electron chi connectivity index (χ0n) is 8.68. The van der Waals surface area contributed by atoms with Crippen LogP contribution in [0.2, 0.25) is 0 Å². The Morgan fingerprint density at radius 1 is 1.53 bits per heavy atom. The molecule has 0 fully saturated rings. The van der Waals surface area contributed by atoms with E-state index in [2.05, 4.69) is 26.8 Å². The highest BCUT2D eigenvalue weighted by molar-refractivity contribution is 7.13. The van der Waals surface area contributed by atoms with Gasteiger partial charge in [-0.05, 0) is 6.42 Å². The standard InChI is InChI=1S/C10H14N4S/c1-2-4-14-8-11-6-9(14)7-13-10-12-3-5-15-10/h3,5-6,8H,2,4,7H2,1H3,(H,12,13). The molecule has 0 aliphatic rings. The summed E-state index contributed by atoms with van der Waals surface area (Å²) in [6.07, 6.45) is 6.70. The van der Waals surface area contributed by atoms with Gasteiger partial charge in [-0.3, -0.25) is 0 Å². The van der Waals surface area contributed by atoms with Crippen LogP contribution in [-0.2, 0) is 13.1 Å². The number of hydrogen-bond acceptors (Lipinski definition) is 4. The minimum atomic E-state index is 0.785. The van der Waals surface area contributed by atoms with Gasteiger partial charge in [-0.1, -0.05) is 6.92 Å². The summed E-state index contributed by atoms with van der Waals surface area (Å²) in [6, 6.07) is 0. The molecule has 0 bridgehead atoms. The summed E-state index contributed by atoms with van der Waals surface area (Å²) in [5, 5.41) is 6.19. The van der Waals surface area contributed by atoms with E-state index in [1.165, 1.54) is 5.69 Å². The SMILES string of the molecule is CCCn1cncc1CNc1nccs1. The van der Waals surface area contributed by atoms with E-state index in [0.29, 0.717) is 0 Å². The molecule has 2 aromatic rings. The highest BCUT2D eigenvalue weighted by Crippen LogP contribution is 2.12. The molecule has 1 N–H and O–H groups in total. The molecule has 0 spiro atoms. The Balaban J connectivity index is 1.95. The summed E-state index contributed by atoms with van der Waals surface area (Å²) in [7, 11) is 0. The fraction of sp³-hybridized carbons (Fsp3) is 0.400. The van der Waals surface area contributed by atoms with Crippen LogP contribution in [0.5, 0.6) is 0 Å². The molecular formula is C10H14N4S. The van der Waals surface area contributed by atoms with Crippen molar-refractivity contribution < 1.29 is 0 Å². The number of thiazole rings is 1. The van der Waals surface area contributed by atoms with Crippen molar-refractivity contribution in [3.8, 4) is 0 Å². The maximum Gasteiger partial charge on any atom is 0.182 e. The Bertz CT molecular complexity index is 393. The predicted octanol–water partition coefficient (Wildman–Crippen LogP) is 2.36. The molecule has 0 amide bonds. The smallest absolute Gasteiger partial charge is 0.182 e. The van der Waals surface area contributed by atoms with Gasteiger partial charge >= 0.3 is 0 Å². The largest absolute Gasteiger partial charge is 0.356 e. The first-order valence-corrected chi connectivity index (χ1v) is 5.90. The molecule has 0 atom stereocenters. The van der Waals surface area contributed by atoms with Crippen LogP contribution in [0.25, 0.3) is 0 Å². The summed E-state index contributed by atoms with van der Waals surface area (Å²) in [6.45, 7) is 3.97. The average Bonchev–Trinajstić information content (AvgIpc) is 2.85. The molecule has 0 saturated carbocycles. The summed E-state index contributed by atoms with van der Waals surface area (Å²) >= 11 is 1.61. The Kier molecular flexibility index (Phi) is 3.34. The van der Waals surface area contributed by atoms with Crippen molar-refractivity contribution >= 4 is 16.5 Å². The van der Waals surface area contributed by atoms with E-state index in [4.69, 9.17) is 0 Å². The zero-order chi connectivity index (χ0) is 10.5. The maximum atomic E-state index is 4.17. The Morgan fingerprint density at radius 3 is 3.20 bits per heavy atom. The number of rotatable bonds is 5. The van der Waals surface area contributed by atoms with Crippen LogP contribution in [0, 0.1) is 0 Å². The van der Waals surface area contributed by atoms with Crippen molar-refractivity contribution in [2.75, 3.05) is 5.32 Å². The minimum Gasteiger partial charge on any atom is -0.356 e. The minimum absolute atomic E-state index is 0.785. The number of aryl methyl sites for hydroxylation is 1. The van der Waals surface area contributed by atoms with Gasteiger partial charge in [0, 0.05) is 24.3 Å². The maximum absolute atomic E-state index is 4.17. The molecule has 2 rings (SSSR count). The molecule has 80 valence electrons. The first-order valence-electron chi connectivity index (χ1n) is 5.02. The van der Waals surface area contributed by atoms with Gasteiger partial charge < -0.3 is 9.88 Å². The number of hydrogen-bond donors (Lipinski definition) is 1. The van der Waals surface area contributed by atoms with Gasteiger partial charge in [0.05, 0.1) is 18.6 Å². The normalized spacial score (nSPS) is 10.5. The molecule has 0 aromatic carbocycles. The lowest BCUT2D eigenvalue weighted by Crippen LogP contribution is -2.06. The van der Waals surface area contributed by atoms with Crippen LogP contribution in [0.4, 0.5) is 5.13 Å². The first-order chi connectivity index (χ1) is 7.40. The first kappa shape index (κ1) is 10.2. The molecule has 2 aromatic heterocycles. The van der Waals surface area contributed by atoms with Crippen molar-refractivity contribution in [2.24, 2.45) is 0 Å². The second-order valence-corrected chi connectivity index (χ2v) is 4.16. The second-order valence-electron chi connectivity index (χ2n) is 3.27. The third kappa shape index (κ3) is 2.56. The Labute approximate surface area is 93.0 Å². The van der Waals surface area contributed by atoms with E-state index in [-0.39, 0.29) is 0 Å². The van der Waals surface area contributed by atoms with Gasteiger partial charge in [0.1, 0.15) is 0 Å². The van der Waals surface area contributed by atoms with Crippen LogP contribution in [-0.4, -0.2) is 14.5 Å². The van der Waals surface area contributed by atoms with Crippen LogP contribution < -0.4 is 5.32 Å². The van der Waals surface area contributed by atoms with E-state index < -0.39 is 0 Å². The highest BCUT2D eigenvalue weighted by atomic mass is 32.1. The third-order valence-corrected chi connectivity index (χ3v) is 2.85. The van der Waals surface area contributed by atoms with Gasteiger partial charge in [0.2, 0.25) is 0 Å². The molecular weight excluding hydrogens is 208 g/mol. The van der Waals surface area contributed by atoms with Crippen LogP contribution >= 0.6 is 11.3 Å². The quantitative estimate of drug-likeness (QED) is 0.844. The van der Waals surface area contributed by atoms with E-state index in [9.17, 15) is 0 Å². The highest BCUT2D eigenvalue weighted by Gasteiger charge is 2.01. The number of aromatic nitrogens is 3. The Morgan fingerprint density at radius 2 is 2.47 bits per heavy atom. The molecule has 0 aliphatic heterocycles. The molecule has 0 saturated heterocycles. The fourth-order valence-electron chi connectivity index (χ4n) is 1.41. The number of anilines is 1. The van der Waals surface area contributed by atoms with Crippen molar-refractivity contribution in [3.63, 3.8) is 0 Å². The number of nitrogens with one attached hydrogen (secondary N) is 1. The van der Waals surface area contributed by atoms with Crippen LogP contribution in [0.3, 0.4) is 0 Å². The second kappa shape index (κ2) is 4.93. The van der Waals surface area contributed by atoms with Crippen molar-refractivity contribution in [3.05, 3.63) is 29.8 Å². The topological polar surface area (TPSA) is 42.7 Å². The molecule has 4 nitrogen and oxygen atoms in total. The summed E-state index contributed by atoms with van der Waals surface area (Å²) < 4.78 is 2.17. The predicted molar refractivity (Wildman–Crippen MR) is 62.0 cm³/mol. The number of imidazole rings is 1. The van der Waals surface area contributed by atoms with Crippen molar-refractivity contribution in [1.29, 1.82) is 0 Å². The zero-order valence-corrected chi connectivity index (χ0v) is 9.50. The Hall–Kier alpha value is -1.36. The van der Waals surface area contributed by atoms with E-state index >= 15 is 0 Å². The monoisotopic (exact) mass is 222 g/mol. The van der Waals surface area contributed by atoms with Crippen LogP contribution in [0.15, 0.2) is 24.1 Å². The van der Waals surface area contributed by atoms with Gasteiger partial charge in [-0.2, -0.15) is 0 Å². The van der Waals surface area contributed by atoms with Gasteiger partial charge in [-0.15, -0.1) is 11.3 Å².